The molecule has 0 aliphatic carbocycles. The SMILES string of the molecule is O=C(c1cc2ccc(O)cc2o1)c1nc(-c2ccc(Br)cc2)cs1. The number of furan rings is 1. The molecule has 0 unspecified atom stereocenters. The molecule has 2 aromatic carbocycles. The molecule has 4 rings (SSSR count). The van der Waals surface area contributed by atoms with Crippen molar-refractivity contribution in [2.75, 3.05) is 0 Å². The van der Waals surface area contributed by atoms with Crippen LogP contribution in [0, 0.1) is 0 Å². The number of phenolic OH excluding ortho intramolecular Hbond substituents is 1. The van der Waals surface area contributed by atoms with Gasteiger partial charge in [0.1, 0.15) is 11.3 Å². The van der Waals surface area contributed by atoms with Crippen molar-refractivity contribution in [2.45, 2.75) is 0 Å². The molecule has 4 nitrogen and oxygen atoms in total. The van der Waals surface area contributed by atoms with E-state index >= 15 is 0 Å². The summed E-state index contributed by atoms with van der Waals surface area (Å²) in [5, 5.41) is 12.5. The van der Waals surface area contributed by atoms with Crippen molar-refractivity contribution in [3.8, 4) is 17.0 Å². The maximum Gasteiger partial charge on any atom is 0.256 e. The quantitative estimate of drug-likeness (QED) is 0.477. The number of ketones is 1. The van der Waals surface area contributed by atoms with E-state index in [1.807, 2.05) is 29.6 Å². The number of fused-ring (bicyclic) bond motifs is 1. The first kappa shape index (κ1) is 15.1. The molecule has 0 atom stereocenters. The highest BCUT2D eigenvalue weighted by Crippen LogP contribution is 2.28. The van der Waals surface area contributed by atoms with E-state index in [1.54, 1.807) is 18.2 Å². The van der Waals surface area contributed by atoms with Crippen LogP contribution < -0.4 is 0 Å². The second-order valence-corrected chi connectivity index (χ2v) is 6.98. The number of carbonyl (C=O) groups excluding carboxylic acids is 1. The number of aromatic hydroxyl groups is 1. The number of thiazole rings is 1. The third-order valence-corrected chi connectivity index (χ3v) is 4.94. The van der Waals surface area contributed by atoms with E-state index in [0.717, 1.165) is 21.1 Å². The van der Waals surface area contributed by atoms with Crippen LogP contribution in [0.25, 0.3) is 22.2 Å². The van der Waals surface area contributed by atoms with E-state index in [9.17, 15) is 9.90 Å². The summed E-state index contributed by atoms with van der Waals surface area (Å²) in [6, 6.07) is 14.2. The topological polar surface area (TPSA) is 63.3 Å². The van der Waals surface area contributed by atoms with Gasteiger partial charge >= 0.3 is 0 Å². The Bertz CT molecular complexity index is 1050. The molecule has 0 fully saturated rings. The predicted molar refractivity (Wildman–Crippen MR) is 96.6 cm³/mol. The number of hydrogen-bond acceptors (Lipinski definition) is 5. The third-order valence-electron chi connectivity index (χ3n) is 3.57. The molecule has 0 radical (unpaired) electrons. The summed E-state index contributed by atoms with van der Waals surface area (Å²) in [7, 11) is 0. The van der Waals surface area contributed by atoms with Crippen LogP contribution >= 0.6 is 27.3 Å². The average Bonchev–Trinajstić information content (AvgIpc) is 3.21. The van der Waals surface area contributed by atoms with E-state index in [2.05, 4.69) is 20.9 Å². The Morgan fingerprint density at radius 2 is 1.92 bits per heavy atom. The molecule has 4 aromatic rings. The summed E-state index contributed by atoms with van der Waals surface area (Å²) in [6.07, 6.45) is 0. The summed E-state index contributed by atoms with van der Waals surface area (Å²) in [5.74, 6) is 0.0500. The van der Waals surface area contributed by atoms with Crippen molar-refractivity contribution in [2.24, 2.45) is 0 Å². The number of nitrogens with zero attached hydrogens (tertiary/aromatic N) is 1. The van der Waals surface area contributed by atoms with Gasteiger partial charge in [-0.05, 0) is 30.3 Å². The van der Waals surface area contributed by atoms with Crippen molar-refractivity contribution in [1.29, 1.82) is 0 Å². The lowest BCUT2D eigenvalue weighted by atomic mass is 10.2. The lowest BCUT2D eigenvalue weighted by Crippen LogP contribution is -1.98. The van der Waals surface area contributed by atoms with Crippen LogP contribution in [0.15, 0.2) is 62.8 Å². The summed E-state index contributed by atoms with van der Waals surface area (Å²) < 4.78 is 6.54. The monoisotopic (exact) mass is 399 g/mol. The van der Waals surface area contributed by atoms with Gasteiger partial charge < -0.3 is 9.52 Å². The second kappa shape index (κ2) is 5.89. The summed E-state index contributed by atoms with van der Waals surface area (Å²) in [5.41, 5.74) is 2.18. The number of halogens is 1. The molecule has 24 heavy (non-hydrogen) atoms. The third kappa shape index (κ3) is 2.74. The fourth-order valence-electron chi connectivity index (χ4n) is 2.37. The lowest BCUT2D eigenvalue weighted by Gasteiger charge is -1.96. The van der Waals surface area contributed by atoms with Gasteiger partial charge in [-0.3, -0.25) is 4.79 Å². The van der Waals surface area contributed by atoms with Crippen LogP contribution in [0.3, 0.4) is 0 Å². The van der Waals surface area contributed by atoms with Crippen molar-refractivity contribution >= 4 is 44.0 Å². The zero-order valence-electron chi connectivity index (χ0n) is 12.2. The van der Waals surface area contributed by atoms with Crippen molar-refractivity contribution in [3.63, 3.8) is 0 Å². The highest BCUT2D eigenvalue weighted by Gasteiger charge is 2.19. The summed E-state index contributed by atoms with van der Waals surface area (Å²) >= 11 is 4.68. The van der Waals surface area contributed by atoms with E-state index in [0.29, 0.717) is 10.6 Å². The molecule has 1 N–H and O–H groups in total. The van der Waals surface area contributed by atoms with Crippen molar-refractivity contribution < 1.29 is 14.3 Å². The van der Waals surface area contributed by atoms with Gasteiger partial charge in [0.25, 0.3) is 5.78 Å². The van der Waals surface area contributed by atoms with Gasteiger partial charge in [-0.25, -0.2) is 4.98 Å². The molecule has 0 saturated heterocycles. The number of phenols is 1. The Balaban J connectivity index is 1.67. The van der Waals surface area contributed by atoms with Gasteiger partial charge in [0.15, 0.2) is 10.8 Å². The van der Waals surface area contributed by atoms with E-state index in [1.165, 1.54) is 17.4 Å². The van der Waals surface area contributed by atoms with E-state index in [4.69, 9.17) is 4.42 Å². The van der Waals surface area contributed by atoms with Gasteiger partial charge in [0.2, 0.25) is 0 Å². The molecule has 118 valence electrons. The normalized spacial score (nSPS) is 11.0. The Hall–Kier alpha value is -2.44. The van der Waals surface area contributed by atoms with Crippen LogP contribution in [0.2, 0.25) is 0 Å². The molecule has 0 aliphatic rings. The van der Waals surface area contributed by atoms with Gasteiger partial charge in [0.05, 0.1) is 5.69 Å². The summed E-state index contributed by atoms with van der Waals surface area (Å²) in [4.78, 5) is 17.0. The molecule has 6 heteroatoms. The number of benzene rings is 2. The van der Waals surface area contributed by atoms with Gasteiger partial charge in [0, 0.05) is 26.9 Å². The molecule has 0 aliphatic heterocycles. The maximum absolute atomic E-state index is 12.6. The Labute approximate surface area is 149 Å². The standard InChI is InChI=1S/C18H10BrNO3S/c19-12-4-1-10(2-5-12)14-9-24-18(20-14)17(22)16-7-11-3-6-13(21)8-15(11)23-16/h1-9,21H. The predicted octanol–water partition coefficient (Wildman–Crippen LogP) is 5.26. The summed E-state index contributed by atoms with van der Waals surface area (Å²) in [6.45, 7) is 0. The van der Waals surface area contributed by atoms with Gasteiger partial charge in [-0.2, -0.15) is 0 Å². The molecule has 0 saturated carbocycles. The number of hydrogen-bond donors (Lipinski definition) is 1. The second-order valence-electron chi connectivity index (χ2n) is 5.21. The minimum Gasteiger partial charge on any atom is -0.508 e. The molecule has 2 heterocycles. The fraction of sp³-hybridized carbons (Fsp3) is 0. The minimum atomic E-state index is -0.265. The maximum atomic E-state index is 12.6. The Kier molecular flexibility index (Phi) is 3.70. The van der Waals surface area contributed by atoms with Gasteiger partial charge in [-0.15, -0.1) is 11.3 Å². The van der Waals surface area contributed by atoms with Gasteiger partial charge in [-0.1, -0.05) is 28.1 Å². The average molecular weight is 400 g/mol. The first-order valence-electron chi connectivity index (χ1n) is 7.09. The molecule has 2 aromatic heterocycles. The molecular formula is C18H10BrNO3S. The highest BCUT2D eigenvalue weighted by molar-refractivity contribution is 9.10. The Morgan fingerprint density at radius 1 is 1.12 bits per heavy atom. The fourth-order valence-corrected chi connectivity index (χ4v) is 3.40. The molecule has 0 spiro atoms. The van der Waals surface area contributed by atoms with Crippen LogP contribution in [-0.4, -0.2) is 15.9 Å². The van der Waals surface area contributed by atoms with Crippen molar-refractivity contribution in [3.05, 3.63) is 69.2 Å². The lowest BCUT2D eigenvalue weighted by molar-refractivity contribution is 0.101. The van der Waals surface area contributed by atoms with Crippen LogP contribution in [0.4, 0.5) is 0 Å². The number of aromatic nitrogens is 1. The van der Waals surface area contributed by atoms with Crippen molar-refractivity contribution in [1.82, 2.24) is 4.98 Å². The zero-order valence-corrected chi connectivity index (χ0v) is 14.6. The first-order chi connectivity index (χ1) is 11.6. The minimum absolute atomic E-state index is 0.0997. The smallest absolute Gasteiger partial charge is 0.256 e. The molecule has 0 amide bonds. The van der Waals surface area contributed by atoms with E-state index in [-0.39, 0.29) is 17.3 Å². The number of carbonyl (C=O) groups is 1. The van der Waals surface area contributed by atoms with Crippen LogP contribution in [0.5, 0.6) is 5.75 Å². The molecule has 0 bridgehead atoms. The van der Waals surface area contributed by atoms with E-state index < -0.39 is 0 Å². The zero-order chi connectivity index (χ0) is 16.7. The first-order valence-corrected chi connectivity index (χ1v) is 8.76. The van der Waals surface area contributed by atoms with Crippen LogP contribution in [-0.2, 0) is 0 Å². The largest absolute Gasteiger partial charge is 0.508 e. The highest BCUT2D eigenvalue weighted by atomic mass is 79.9. The van der Waals surface area contributed by atoms with Crippen LogP contribution in [0.1, 0.15) is 15.6 Å². The number of rotatable bonds is 3. The Morgan fingerprint density at radius 3 is 2.71 bits per heavy atom. The molecular weight excluding hydrogens is 390 g/mol.